The molecule has 0 aromatic heterocycles. The highest BCUT2D eigenvalue weighted by Gasteiger charge is 1.87. The maximum Gasteiger partial charge on any atom is 0.245 e. The van der Waals surface area contributed by atoms with E-state index in [-0.39, 0.29) is 5.84 Å². The summed E-state index contributed by atoms with van der Waals surface area (Å²) in [6.45, 7) is 1.23. The Bertz CT molecular complexity index is 165. The van der Waals surface area contributed by atoms with E-state index in [9.17, 15) is 4.79 Å². The zero-order chi connectivity index (χ0) is 6.57. The number of nitrogens with two attached hydrogens (primary N) is 1. The standard InChI is InChI=1S/C4H5N3O/c1-3(8)7-4(6)2-5/h1H3,(H2,6,7,8). The highest BCUT2D eigenvalue weighted by atomic mass is 16.1. The minimum absolute atomic E-state index is 0.294. The fraction of sp³-hybridized carbons (Fsp3) is 0.250. The average molecular weight is 111 g/mol. The van der Waals surface area contributed by atoms with Crippen molar-refractivity contribution in [1.29, 1.82) is 5.26 Å². The minimum atomic E-state index is -0.455. The number of hydrogen-bond donors (Lipinski definition) is 1. The number of nitriles is 1. The quantitative estimate of drug-likeness (QED) is 0.335. The Kier molecular flexibility index (Phi) is 2.28. The zero-order valence-electron chi connectivity index (χ0n) is 4.38. The number of rotatable bonds is 0. The lowest BCUT2D eigenvalue weighted by molar-refractivity contribution is -0.115. The number of hydrogen-bond acceptors (Lipinski definition) is 2. The van der Waals surface area contributed by atoms with Crippen molar-refractivity contribution < 1.29 is 4.79 Å². The van der Waals surface area contributed by atoms with Gasteiger partial charge in [0.1, 0.15) is 6.07 Å². The summed E-state index contributed by atoms with van der Waals surface area (Å²) in [6.07, 6.45) is 0. The van der Waals surface area contributed by atoms with Gasteiger partial charge in [-0.25, -0.2) is 0 Å². The van der Waals surface area contributed by atoms with Gasteiger partial charge in [0.2, 0.25) is 11.7 Å². The minimum Gasteiger partial charge on any atom is -0.375 e. The van der Waals surface area contributed by atoms with Gasteiger partial charge in [0.15, 0.2) is 0 Å². The average Bonchev–Trinajstić information content (AvgIpc) is 1.65. The first-order valence-electron chi connectivity index (χ1n) is 1.91. The van der Waals surface area contributed by atoms with Crippen molar-refractivity contribution in [3.63, 3.8) is 0 Å². The molecule has 0 saturated heterocycles. The first kappa shape index (κ1) is 6.63. The van der Waals surface area contributed by atoms with Crippen LogP contribution in [0.1, 0.15) is 6.92 Å². The normalized spacial score (nSPS) is 10.2. The van der Waals surface area contributed by atoms with Gasteiger partial charge in [-0.3, -0.25) is 4.79 Å². The van der Waals surface area contributed by atoms with E-state index in [0.717, 1.165) is 0 Å². The molecule has 0 rings (SSSR count). The molecule has 0 aliphatic rings. The Balaban J connectivity index is 4.01. The molecule has 0 bridgehead atoms. The van der Waals surface area contributed by atoms with Crippen molar-refractivity contribution in [3.8, 4) is 6.07 Å². The van der Waals surface area contributed by atoms with Gasteiger partial charge in [-0.1, -0.05) is 0 Å². The van der Waals surface area contributed by atoms with Crippen molar-refractivity contribution in [1.82, 2.24) is 0 Å². The Morgan fingerprint density at radius 1 is 1.88 bits per heavy atom. The molecule has 4 heteroatoms. The van der Waals surface area contributed by atoms with Crippen LogP contribution in [-0.4, -0.2) is 11.7 Å². The Morgan fingerprint density at radius 2 is 2.38 bits per heavy atom. The first-order chi connectivity index (χ1) is 3.66. The first-order valence-corrected chi connectivity index (χ1v) is 1.91. The van der Waals surface area contributed by atoms with E-state index < -0.39 is 5.91 Å². The molecule has 0 radical (unpaired) electrons. The number of amidine groups is 1. The summed E-state index contributed by atoms with van der Waals surface area (Å²) < 4.78 is 0. The second-order valence-electron chi connectivity index (χ2n) is 1.13. The summed E-state index contributed by atoms with van der Waals surface area (Å²) in [5.41, 5.74) is 4.84. The molecule has 0 fully saturated rings. The van der Waals surface area contributed by atoms with Gasteiger partial charge in [-0.05, 0) is 0 Å². The topological polar surface area (TPSA) is 79.2 Å². The molecule has 0 unspecified atom stereocenters. The fourth-order valence-corrected chi connectivity index (χ4v) is 0.195. The zero-order valence-corrected chi connectivity index (χ0v) is 4.38. The van der Waals surface area contributed by atoms with Crippen LogP contribution in [0.15, 0.2) is 4.99 Å². The van der Waals surface area contributed by atoms with Crippen molar-refractivity contribution in [2.75, 3.05) is 0 Å². The predicted octanol–water partition coefficient (Wildman–Crippen LogP) is -0.586. The number of carbonyl (C=O) groups excluding carboxylic acids is 1. The third-order valence-corrected chi connectivity index (χ3v) is 0.392. The fourth-order valence-electron chi connectivity index (χ4n) is 0.195. The number of carbonyl (C=O) groups is 1. The van der Waals surface area contributed by atoms with E-state index in [1.54, 1.807) is 0 Å². The van der Waals surface area contributed by atoms with Gasteiger partial charge in [0, 0.05) is 6.92 Å². The summed E-state index contributed by atoms with van der Waals surface area (Å²) in [4.78, 5) is 13.1. The van der Waals surface area contributed by atoms with Crippen LogP contribution in [0.25, 0.3) is 0 Å². The van der Waals surface area contributed by atoms with Crippen molar-refractivity contribution in [2.24, 2.45) is 10.7 Å². The second-order valence-corrected chi connectivity index (χ2v) is 1.13. The lowest BCUT2D eigenvalue weighted by atomic mass is 10.6. The molecular formula is C4H5N3O. The van der Waals surface area contributed by atoms with Gasteiger partial charge in [0.05, 0.1) is 0 Å². The van der Waals surface area contributed by atoms with Crippen LogP contribution in [0, 0.1) is 11.3 Å². The van der Waals surface area contributed by atoms with E-state index in [2.05, 4.69) is 4.99 Å². The van der Waals surface area contributed by atoms with Gasteiger partial charge in [-0.15, -0.1) is 0 Å². The van der Waals surface area contributed by atoms with Gasteiger partial charge >= 0.3 is 0 Å². The molecule has 0 aromatic carbocycles. The summed E-state index contributed by atoms with van der Waals surface area (Å²) >= 11 is 0. The molecule has 42 valence electrons. The summed E-state index contributed by atoms with van der Waals surface area (Å²) in [7, 11) is 0. The number of amides is 1. The molecule has 0 atom stereocenters. The molecule has 1 amide bonds. The highest BCUT2D eigenvalue weighted by Crippen LogP contribution is 1.69. The van der Waals surface area contributed by atoms with E-state index in [4.69, 9.17) is 11.0 Å². The summed E-state index contributed by atoms with van der Waals surface area (Å²) in [5, 5.41) is 7.93. The molecule has 0 aliphatic carbocycles. The van der Waals surface area contributed by atoms with Crippen molar-refractivity contribution in [2.45, 2.75) is 6.92 Å². The van der Waals surface area contributed by atoms with Crippen LogP contribution in [0.3, 0.4) is 0 Å². The Hall–Kier alpha value is -1.37. The largest absolute Gasteiger partial charge is 0.375 e. The SMILES string of the molecule is CC(=O)N=C(N)C#N. The maximum absolute atomic E-state index is 9.99. The molecule has 8 heavy (non-hydrogen) atoms. The Labute approximate surface area is 46.6 Å². The van der Waals surface area contributed by atoms with Crippen LogP contribution in [0.5, 0.6) is 0 Å². The van der Waals surface area contributed by atoms with Crippen molar-refractivity contribution in [3.05, 3.63) is 0 Å². The van der Waals surface area contributed by atoms with Crippen LogP contribution in [0.2, 0.25) is 0 Å². The molecule has 0 aromatic rings. The van der Waals surface area contributed by atoms with E-state index >= 15 is 0 Å². The van der Waals surface area contributed by atoms with Crippen LogP contribution in [-0.2, 0) is 4.79 Å². The van der Waals surface area contributed by atoms with E-state index in [1.807, 2.05) is 0 Å². The number of aliphatic imine (C=N–C) groups is 1. The van der Waals surface area contributed by atoms with Crippen LogP contribution in [0.4, 0.5) is 0 Å². The lowest BCUT2D eigenvalue weighted by Gasteiger charge is -1.78. The third kappa shape index (κ3) is 2.85. The van der Waals surface area contributed by atoms with E-state index in [0.29, 0.717) is 0 Å². The van der Waals surface area contributed by atoms with Crippen LogP contribution < -0.4 is 5.73 Å². The van der Waals surface area contributed by atoms with Gasteiger partial charge in [-0.2, -0.15) is 10.3 Å². The van der Waals surface area contributed by atoms with Crippen LogP contribution >= 0.6 is 0 Å². The molecule has 0 saturated carbocycles. The molecule has 0 heterocycles. The molecule has 0 aliphatic heterocycles. The molecule has 0 spiro atoms. The highest BCUT2D eigenvalue weighted by molar-refractivity contribution is 6.01. The lowest BCUT2D eigenvalue weighted by Crippen LogP contribution is -2.09. The molecule has 2 N–H and O–H groups in total. The third-order valence-electron chi connectivity index (χ3n) is 0.392. The second kappa shape index (κ2) is 2.75. The predicted molar refractivity (Wildman–Crippen MR) is 27.9 cm³/mol. The maximum atomic E-state index is 9.99. The monoisotopic (exact) mass is 111 g/mol. The molecule has 4 nitrogen and oxygen atoms in total. The number of nitrogens with zero attached hydrogens (tertiary/aromatic N) is 2. The summed E-state index contributed by atoms with van der Waals surface area (Å²) in [6, 6.07) is 1.50. The smallest absolute Gasteiger partial charge is 0.245 e. The summed E-state index contributed by atoms with van der Waals surface area (Å²) in [5.74, 6) is -0.749. The van der Waals surface area contributed by atoms with Gasteiger partial charge < -0.3 is 5.73 Å². The Morgan fingerprint density at radius 3 is 2.50 bits per heavy atom. The van der Waals surface area contributed by atoms with Crippen molar-refractivity contribution >= 4 is 11.7 Å². The van der Waals surface area contributed by atoms with Gasteiger partial charge in [0.25, 0.3) is 0 Å². The molecular weight excluding hydrogens is 106 g/mol. The van der Waals surface area contributed by atoms with E-state index in [1.165, 1.54) is 13.0 Å².